The minimum Gasteiger partial charge on any atom is -0.207 e. The van der Waals surface area contributed by atoms with Gasteiger partial charge in [0.1, 0.15) is 0 Å². The second-order valence-electron chi connectivity index (χ2n) is 3.59. The number of benzene rings is 1. The fraction of sp³-hybridized carbons (Fsp3) is 0.0909. The van der Waals surface area contributed by atoms with Crippen LogP contribution in [0, 0.1) is 11.6 Å². The summed E-state index contributed by atoms with van der Waals surface area (Å²) in [4.78, 5) is 0.491. The van der Waals surface area contributed by atoms with E-state index < -0.39 is 21.7 Å². The monoisotopic (exact) mass is 367 g/mol. The van der Waals surface area contributed by atoms with E-state index in [4.69, 9.17) is 0 Å². The molecule has 2 aromatic rings. The fourth-order valence-corrected chi connectivity index (χ4v) is 3.87. The minimum atomic E-state index is -3.86. The van der Waals surface area contributed by atoms with E-state index in [0.717, 1.165) is 21.5 Å². The lowest BCUT2D eigenvalue weighted by molar-refractivity contribution is 0.504. The molecule has 0 radical (unpaired) electrons. The van der Waals surface area contributed by atoms with E-state index in [1.807, 2.05) is 5.38 Å². The largest absolute Gasteiger partial charge is 0.241 e. The maximum atomic E-state index is 13.0. The number of thiophene rings is 1. The first kappa shape index (κ1) is 14.6. The fourth-order valence-electron chi connectivity index (χ4n) is 1.34. The average Bonchev–Trinajstić information content (AvgIpc) is 2.76. The van der Waals surface area contributed by atoms with Gasteiger partial charge in [-0.2, -0.15) is 0 Å². The predicted octanol–water partition coefficient (Wildman–Crippen LogP) is 3.27. The van der Waals surface area contributed by atoms with Crippen LogP contribution in [-0.4, -0.2) is 8.42 Å². The van der Waals surface area contributed by atoms with E-state index in [0.29, 0.717) is 6.07 Å². The van der Waals surface area contributed by atoms with Gasteiger partial charge in [-0.3, -0.25) is 0 Å². The molecule has 102 valence electrons. The van der Waals surface area contributed by atoms with Gasteiger partial charge >= 0.3 is 0 Å². The van der Waals surface area contributed by atoms with E-state index in [1.165, 1.54) is 11.3 Å². The van der Waals surface area contributed by atoms with Crippen LogP contribution in [0.5, 0.6) is 0 Å². The zero-order valence-electron chi connectivity index (χ0n) is 9.36. The first-order valence-electron chi connectivity index (χ1n) is 5.07. The van der Waals surface area contributed by atoms with Crippen molar-refractivity contribution >= 4 is 37.3 Å². The molecule has 3 nitrogen and oxygen atoms in total. The van der Waals surface area contributed by atoms with Crippen LogP contribution in [0.15, 0.2) is 39.0 Å². The molecule has 1 aromatic heterocycles. The molecule has 0 spiro atoms. The third-order valence-corrected chi connectivity index (χ3v) is 5.64. The van der Waals surface area contributed by atoms with Crippen LogP contribution in [-0.2, 0) is 16.6 Å². The van der Waals surface area contributed by atoms with E-state index in [9.17, 15) is 17.2 Å². The van der Waals surface area contributed by atoms with Crippen LogP contribution < -0.4 is 4.72 Å². The summed E-state index contributed by atoms with van der Waals surface area (Å²) in [5.41, 5.74) is 0. The van der Waals surface area contributed by atoms with Crippen LogP contribution in [0.2, 0.25) is 0 Å². The summed E-state index contributed by atoms with van der Waals surface area (Å²) < 4.78 is 52.7. The molecular weight excluding hydrogens is 360 g/mol. The molecule has 0 amide bonds. The van der Waals surface area contributed by atoms with E-state index in [1.54, 1.807) is 6.07 Å². The van der Waals surface area contributed by atoms with Crippen molar-refractivity contribution in [1.82, 2.24) is 4.72 Å². The van der Waals surface area contributed by atoms with Gasteiger partial charge in [0.05, 0.1) is 4.90 Å². The Morgan fingerprint density at radius 3 is 2.53 bits per heavy atom. The number of hydrogen-bond donors (Lipinski definition) is 1. The Kier molecular flexibility index (Phi) is 4.34. The standard InChI is InChI=1S/C11H8BrF2NO2S2/c12-8-3-4-18-11(8)6-15-19(16,17)7-1-2-9(13)10(14)5-7/h1-5,15H,6H2. The minimum absolute atomic E-state index is 0.0829. The maximum absolute atomic E-state index is 13.0. The third-order valence-electron chi connectivity index (χ3n) is 2.32. The molecule has 0 aliphatic rings. The summed E-state index contributed by atoms with van der Waals surface area (Å²) >= 11 is 4.66. The molecule has 1 N–H and O–H groups in total. The van der Waals surface area contributed by atoms with Crippen LogP contribution >= 0.6 is 27.3 Å². The summed E-state index contributed by atoms with van der Waals surface area (Å²) in [6.45, 7) is 0.0829. The Labute approximate surface area is 121 Å². The summed E-state index contributed by atoms with van der Waals surface area (Å²) in [6, 6.07) is 4.25. The van der Waals surface area contributed by atoms with Crippen molar-refractivity contribution in [3.8, 4) is 0 Å². The van der Waals surface area contributed by atoms with Crippen molar-refractivity contribution < 1.29 is 17.2 Å². The molecular formula is C11H8BrF2NO2S2. The van der Waals surface area contributed by atoms with Crippen molar-refractivity contribution in [2.75, 3.05) is 0 Å². The molecule has 19 heavy (non-hydrogen) atoms. The van der Waals surface area contributed by atoms with Crippen molar-refractivity contribution in [1.29, 1.82) is 0 Å². The summed E-state index contributed by atoms with van der Waals surface area (Å²) in [7, 11) is -3.86. The molecule has 0 bridgehead atoms. The predicted molar refractivity (Wildman–Crippen MR) is 72.4 cm³/mol. The van der Waals surface area contributed by atoms with Crippen LogP contribution in [0.25, 0.3) is 0 Å². The Balaban J connectivity index is 2.18. The van der Waals surface area contributed by atoms with Gasteiger partial charge in [0.15, 0.2) is 11.6 Å². The van der Waals surface area contributed by atoms with Gasteiger partial charge in [-0.15, -0.1) is 11.3 Å². The highest BCUT2D eigenvalue weighted by Gasteiger charge is 2.17. The molecule has 0 unspecified atom stereocenters. The van der Waals surface area contributed by atoms with E-state index in [2.05, 4.69) is 20.7 Å². The molecule has 8 heteroatoms. The number of rotatable bonds is 4. The Bertz CT molecular complexity index is 700. The highest BCUT2D eigenvalue weighted by molar-refractivity contribution is 9.10. The number of halogens is 3. The Morgan fingerprint density at radius 1 is 1.21 bits per heavy atom. The quantitative estimate of drug-likeness (QED) is 0.901. The van der Waals surface area contributed by atoms with Gasteiger partial charge in [-0.1, -0.05) is 0 Å². The molecule has 0 saturated heterocycles. The van der Waals surface area contributed by atoms with E-state index in [-0.39, 0.29) is 11.4 Å². The zero-order valence-corrected chi connectivity index (χ0v) is 12.6. The lowest BCUT2D eigenvalue weighted by Gasteiger charge is -2.06. The van der Waals surface area contributed by atoms with Crippen LogP contribution in [0.3, 0.4) is 0 Å². The Hall–Kier alpha value is -0.830. The second kappa shape index (κ2) is 5.66. The van der Waals surface area contributed by atoms with Crippen LogP contribution in [0.1, 0.15) is 4.88 Å². The normalized spacial score (nSPS) is 11.7. The maximum Gasteiger partial charge on any atom is 0.241 e. The lowest BCUT2D eigenvalue weighted by atomic mass is 10.3. The number of sulfonamides is 1. The third kappa shape index (κ3) is 3.38. The summed E-state index contributed by atoms with van der Waals surface area (Å²) in [5.74, 6) is -2.28. The topological polar surface area (TPSA) is 46.2 Å². The van der Waals surface area contributed by atoms with Crippen molar-refractivity contribution in [2.45, 2.75) is 11.4 Å². The SMILES string of the molecule is O=S(=O)(NCc1sccc1Br)c1ccc(F)c(F)c1. The van der Waals surface area contributed by atoms with Crippen molar-refractivity contribution in [3.63, 3.8) is 0 Å². The molecule has 1 aromatic carbocycles. The molecule has 0 saturated carbocycles. The first-order valence-corrected chi connectivity index (χ1v) is 8.22. The van der Waals surface area contributed by atoms with Gasteiger partial charge in [-0.05, 0) is 45.6 Å². The summed E-state index contributed by atoms with van der Waals surface area (Å²) in [6.07, 6.45) is 0. The second-order valence-corrected chi connectivity index (χ2v) is 7.21. The van der Waals surface area contributed by atoms with Crippen molar-refractivity contribution in [3.05, 3.63) is 50.6 Å². The van der Waals surface area contributed by atoms with E-state index >= 15 is 0 Å². The molecule has 2 rings (SSSR count). The lowest BCUT2D eigenvalue weighted by Crippen LogP contribution is -2.23. The number of hydrogen-bond acceptors (Lipinski definition) is 3. The molecule has 1 heterocycles. The van der Waals surface area contributed by atoms with Gasteiger partial charge in [0, 0.05) is 15.9 Å². The highest BCUT2D eigenvalue weighted by atomic mass is 79.9. The van der Waals surface area contributed by atoms with Gasteiger partial charge in [-0.25, -0.2) is 21.9 Å². The van der Waals surface area contributed by atoms with Gasteiger partial charge in [0.25, 0.3) is 0 Å². The number of nitrogens with one attached hydrogen (secondary N) is 1. The molecule has 0 aliphatic carbocycles. The summed E-state index contributed by atoms with van der Waals surface area (Å²) in [5, 5.41) is 1.81. The Morgan fingerprint density at radius 2 is 1.95 bits per heavy atom. The first-order chi connectivity index (χ1) is 8.90. The molecule has 0 atom stereocenters. The van der Waals surface area contributed by atoms with Crippen LogP contribution in [0.4, 0.5) is 8.78 Å². The highest BCUT2D eigenvalue weighted by Crippen LogP contribution is 2.23. The average molecular weight is 368 g/mol. The zero-order chi connectivity index (χ0) is 14.0. The van der Waals surface area contributed by atoms with Gasteiger partial charge in [0.2, 0.25) is 10.0 Å². The molecule has 0 fully saturated rings. The smallest absolute Gasteiger partial charge is 0.207 e. The molecule has 0 aliphatic heterocycles. The van der Waals surface area contributed by atoms with Gasteiger partial charge < -0.3 is 0 Å². The van der Waals surface area contributed by atoms with Crippen molar-refractivity contribution in [2.24, 2.45) is 0 Å².